The number of rotatable bonds is 4. The predicted octanol–water partition coefficient (Wildman–Crippen LogP) is 1.48. The number of carbonyl (C=O) groups is 1. The summed E-state index contributed by atoms with van der Waals surface area (Å²) in [5, 5.41) is 2.91. The van der Waals surface area contributed by atoms with Gasteiger partial charge < -0.3 is 14.6 Å². The summed E-state index contributed by atoms with van der Waals surface area (Å²) in [4.78, 5) is 15.7. The molecule has 1 heterocycles. The monoisotopic (exact) mass is 353 g/mol. The molecule has 0 bridgehead atoms. The van der Waals surface area contributed by atoms with Crippen molar-refractivity contribution in [3.63, 3.8) is 0 Å². The number of likely N-dealkylation sites (N-methyl/N-ethyl adjacent to an activating group) is 1. The molecule has 1 aromatic rings. The van der Waals surface area contributed by atoms with E-state index in [9.17, 15) is 4.79 Å². The minimum Gasteiger partial charge on any atom is -0.468 e. The van der Waals surface area contributed by atoms with Crippen molar-refractivity contribution in [2.24, 2.45) is 0 Å². The normalized spacial score (nSPS) is 12.6. The second kappa shape index (κ2) is 5.79. The fourth-order valence-corrected chi connectivity index (χ4v) is 2.28. The zero-order valence-corrected chi connectivity index (χ0v) is 12.4. The quantitative estimate of drug-likeness (QED) is 0.832. The molecule has 0 aliphatic heterocycles. The number of esters is 1. The Kier molecular flexibility index (Phi) is 4.94. The lowest BCUT2D eigenvalue weighted by atomic mass is 10.3. The van der Waals surface area contributed by atoms with Gasteiger partial charge in [-0.15, -0.1) is 0 Å². The van der Waals surface area contributed by atoms with Crippen molar-refractivity contribution in [2.45, 2.75) is 19.5 Å². The van der Waals surface area contributed by atoms with Crippen LogP contribution < -0.4 is 5.32 Å². The molecule has 1 unspecified atom stereocenters. The SMILES string of the molecule is CNC(Cn1c(C)nc(Br)c1Br)C(=O)OC. The molecule has 0 fully saturated rings. The van der Waals surface area contributed by atoms with Crippen LogP contribution >= 0.6 is 31.9 Å². The lowest BCUT2D eigenvalue weighted by Gasteiger charge is -2.15. The average Bonchev–Trinajstić information content (AvgIpc) is 2.50. The van der Waals surface area contributed by atoms with Crippen molar-refractivity contribution in [1.82, 2.24) is 14.9 Å². The van der Waals surface area contributed by atoms with Crippen molar-refractivity contribution < 1.29 is 9.53 Å². The fourth-order valence-electron chi connectivity index (χ4n) is 1.32. The number of methoxy groups -OCH3 is 1. The molecular weight excluding hydrogens is 342 g/mol. The molecule has 1 atom stereocenters. The van der Waals surface area contributed by atoms with Crippen molar-refractivity contribution >= 4 is 37.8 Å². The summed E-state index contributed by atoms with van der Waals surface area (Å²) in [7, 11) is 3.09. The maximum absolute atomic E-state index is 11.4. The van der Waals surface area contributed by atoms with Gasteiger partial charge in [-0.3, -0.25) is 4.79 Å². The van der Waals surface area contributed by atoms with Crippen LogP contribution in [0, 0.1) is 6.92 Å². The Labute approximate surface area is 111 Å². The third-order valence-corrected chi connectivity index (χ3v) is 4.15. The lowest BCUT2D eigenvalue weighted by molar-refractivity contribution is -0.143. The van der Waals surface area contributed by atoms with Gasteiger partial charge in [0.05, 0.1) is 13.7 Å². The van der Waals surface area contributed by atoms with E-state index in [4.69, 9.17) is 4.74 Å². The van der Waals surface area contributed by atoms with Crippen LogP contribution in [0.25, 0.3) is 0 Å². The number of carbonyl (C=O) groups excluding carboxylic acids is 1. The largest absolute Gasteiger partial charge is 0.468 e. The maximum Gasteiger partial charge on any atom is 0.324 e. The molecular formula is C9H13Br2N3O2. The molecule has 1 N–H and O–H groups in total. The summed E-state index contributed by atoms with van der Waals surface area (Å²) in [5.74, 6) is 0.529. The summed E-state index contributed by atoms with van der Waals surface area (Å²) in [6.07, 6.45) is 0. The molecule has 0 radical (unpaired) electrons. The highest BCUT2D eigenvalue weighted by molar-refractivity contribution is 9.13. The van der Waals surface area contributed by atoms with E-state index in [-0.39, 0.29) is 12.0 Å². The second-order valence-electron chi connectivity index (χ2n) is 3.22. The molecule has 0 saturated carbocycles. The van der Waals surface area contributed by atoms with Crippen molar-refractivity contribution in [2.75, 3.05) is 14.2 Å². The van der Waals surface area contributed by atoms with Crippen molar-refractivity contribution in [3.8, 4) is 0 Å². The summed E-state index contributed by atoms with van der Waals surface area (Å²) < 4.78 is 8.13. The molecule has 1 aromatic heterocycles. The van der Waals surface area contributed by atoms with Gasteiger partial charge in [-0.1, -0.05) is 0 Å². The van der Waals surface area contributed by atoms with E-state index >= 15 is 0 Å². The van der Waals surface area contributed by atoms with Crippen LogP contribution in [0.3, 0.4) is 0 Å². The van der Waals surface area contributed by atoms with Gasteiger partial charge in [-0.25, -0.2) is 4.98 Å². The minimum atomic E-state index is -0.388. The van der Waals surface area contributed by atoms with Crippen LogP contribution in [0.2, 0.25) is 0 Å². The molecule has 1 rings (SSSR count). The van der Waals surface area contributed by atoms with Crippen LogP contribution in [0.5, 0.6) is 0 Å². The first-order valence-corrected chi connectivity index (χ1v) is 6.23. The minimum absolute atomic E-state index is 0.293. The molecule has 0 saturated heterocycles. The summed E-state index contributed by atoms with van der Waals surface area (Å²) in [5.41, 5.74) is 0. The molecule has 7 heteroatoms. The second-order valence-corrected chi connectivity index (χ2v) is 4.72. The number of ether oxygens (including phenoxy) is 1. The van der Waals surface area contributed by atoms with Crippen LogP contribution in [0.15, 0.2) is 9.21 Å². The molecule has 5 nitrogen and oxygen atoms in total. The van der Waals surface area contributed by atoms with E-state index in [1.54, 1.807) is 7.05 Å². The van der Waals surface area contributed by atoms with Crippen LogP contribution in [0.4, 0.5) is 0 Å². The molecule has 0 aromatic carbocycles. The Morgan fingerprint density at radius 3 is 2.62 bits per heavy atom. The molecule has 0 aliphatic rings. The number of aryl methyl sites for hydroxylation is 1. The van der Waals surface area contributed by atoms with Gasteiger partial charge >= 0.3 is 5.97 Å². The Bertz CT molecular complexity index is 392. The highest BCUT2D eigenvalue weighted by atomic mass is 79.9. The highest BCUT2D eigenvalue weighted by Gasteiger charge is 2.20. The number of hydrogen-bond donors (Lipinski definition) is 1. The van der Waals surface area contributed by atoms with Gasteiger partial charge in [-0.2, -0.15) is 0 Å². The van der Waals surface area contributed by atoms with E-state index in [2.05, 4.69) is 42.2 Å². The Balaban J connectivity index is 2.90. The maximum atomic E-state index is 11.4. The number of imidazole rings is 1. The molecule has 0 amide bonds. The summed E-state index contributed by atoms with van der Waals surface area (Å²) in [6, 6.07) is -0.388. The Morgan fingerprint density at radius 2 is 2.25 bits per heavy atom. The highest BCUT2D eigenvalue weighted by Crippen LogP contribution is 2.23. The third-order valence-electron chi connectivity index (χ3n) is 2.26. The third kappa shape index (κ3) is 2.83. The first kappa shape index (κ1) is 13.7. The number of nitrogens with zero attached hydrogens (tertiary/aromatic N) is 2. The van der Waals surface area contributed by atoms with Gasteiger partial charge in [0.1, 0.15) is 21.1 Å². The Hall–Kier alpha value is -0.400. The Morgan fingerprint density at radius 1 is 1.62 bits per heavy atom. The van der Waals surface area contributed by atoms with Gasteiger partial charge in [-0.05, 0) is 45.8 Å². The van der Waals surface area contributed by atoms with Crippen LogP contribution in [0.1, 0.15) is 5.82 Å². The average molecular weight is 355 g/mol. The summed E-state index contributed by atoms with van der Waals surface area (Å²) >= 11 is 6.72. The zero-order valence-electron chi connectivity index (χ0n) is 9.25. The zero-order chi connectivity index (χ0) is 12.3. The van der Waals surface area contributed by atoms with E-state index in [1.807, 2.05) is 11.5 Å². The topological polar surface area (TPSA) is 56.2 Å². The fraction of sp³-hybridized carbons (Fsp3) is 0.556. The molecule has 16 heavy (non-hydrogen) atoms. The first-order chi connectivity index (χ1) is 7.51. The number of nitrogens with one attached hydrogen (secondary N) is 1. The van der Waals surface area contributed by atoms with Gasteiger partial charge in [0.15, 0.2) is 0 Å². The standard InChI is InChI=1S/C9H13Br2N3O2/c1-5-13-7(10)8(11)14(5)4-6(12-2)9(15)16-3/h6,12H,4H2,1-3H3. The van der Waals surface area contributed by atoms with Gasteiger partial charge in [0.2, 0.25) is 0 Å². The van der Waals surface area contributed by atoms with Crippen molar-refractivity contribution in [1.29, 1.82) is 0 Å². The number of hydrogen-bond acceptors (Lipinski definition) is 4. The molecule has 0 aliphatic carbocycles. The van der Waals surface area contributed by atoms with Crippen LogP contribution in [-0.4, -0.2) is 35.7 Å². The van der Waals surface area contributed by atoms with E-state index < -0.39 is 0 Å². The summed E-state index contributed by atoms with van der Waals surface area (Å²) in [6.45, 7) is 2.34. The lowest BCUT2D eigenvalue weighted by Crippen LogP contribution is -2.39. The van der Waals surface area contributed by atoms with Crippen LogP contribution in [-0.2, 0) is 16.1 Å². The first-order valence-electron chi connectivity index (χ1n) is 4.64. The molecule has 0 spiro atoms. The smallest absolute Gasteiger partial charge is 0.324 e. The van der Waals surface area contributed by atoms with Crippen molar-refractivity contribution in [3.05, 3.63) is 15.0 Å². The number of aromatic nitrogens is 2. The van der Waals surface area contributed by atoms with E-state index in [0.717, 1.165) is 15.0 Å². The molecule has 90 valence electrons. The van der Waals surface area contributed by atoms with E-state index in [1.165, 1.54) is 7.11 Å². The van der Waals surface area contributed by atoms with E-state index in [0.29, 0.717) is 6.54 Å². The van der Waals surface area contributed by atoms with Gasteiger partial charge in [0.25, 0.3) is 0 Å². The number of halogens is 2. The predicted molar refractivity (Wildman–Crippen MR) is 67.2 cm³/mol. The van der Waals surface area contributed by atoms with Gasteiger partial charge in [0, 0.05) is 0 Å².